The average Bonchev–Trinajstić information content (AvgIpc) is 2.76. The van der Waals surface area contributed by atoms with Crippen LogP contribution in [0.4, 0.5) is 0 Å². The molecule has 168 valence electrons. The van der Waals surface area contributed by atoms with Crippen LogP contribution in [0.15, 0.2) is 48.5 Å². The molecule has 1 atom stereocenters. The van der Waals surface area contributed by atoms with Crippen molar-refractivity contribution in [3.05, 3.63) is 70.2 Å². The first-order valence-electron chi connectivity index (χ1n) is 10.9. The highest BCUT2D eigenvalue weighted by molar-refractivity contribution is 7.99. The second-order valence-corrected chi connectivity index (χ2v) is 8.99. The molecule has 0 bridgehead atoms. The van der Waals surface area contributed by atoms with Crippen LogP contribution in [0.5, 0.6) is 0 Å². The summed E-state index contributed by atoms with van der Waals surface area (Å²) in [5.74, 6) is 0.852. The van der Waals surface area contributed by atoms with Gasteiger partial charge in [0.2, 0.25) is 11.8 Å². The molecule has 2 aromatic carbocycles. The van der Waals surface area contributed by atoms with Crippen LogP contribution in [0.2, 0.25) is 5.02 Å². The Morgan fingerprint density at radius 2 is 1.74 bits per heavy atom. The summed E-state index contributed by atoms with van der Waals surface area (Å²) in [5, 5.41) is 3.71. The van der Waals surface area contributed by atoms with Crippen molar-refractivity contribution in [3.8, 4) is 0 Å². The molecule has 0 aliphatic heterocycles. The molecule has 1 N–H and O–H groups in total. The third kappa shape index (κ3) is 7.89. The smallest absolute Gasteiger partial charge is 0.242 e. The molecule has 0 aliphatic carbocycles. The maximum absolute atomic E-state index is 13.3. The van der Waals surface area contributed by atoms with Crippen LogP contribution in [-0.4, -0.2) is 35.1 Å². The number of rotatable bonds is 12. The first-order chi connectivity index (χ1) is 15.0. The predicted molar refractivity (Wildman–Crippen MR) is 131 cm³/mol. The van der Waals surface area contributed by atoms with E-state index in [0.29, 0.717) is 36.0 Å². The van der Waals surface area contributed by atoms with Gasteiger partial charge >= 0.3 is 0 Å². The summed E-state index contributed by atoms with van der Waals surface area (Å²) in [6.07, 6.45) is 2.52. The zero-order chi connectivity index (χ0) is 22.6. The third-order valence-electron chi connectivity index (χ3n) is 5.26. The Bertz CT molecular complexity index is 859. The summed E-state index contributed by atoms with van der Waals surface area (Å²) in [6, 6.07) is 15.2. The van der Waals surface area contributed by atoms with Crippen molar-refractivity contribution in [2.75, 3.05) is 12.3 Å². The highest BCUT2D eigenvalue weighted by Crippen LogP contribution is 2.22. The van der Waals surface area contributed by atoms with Crippen LogP contribution in [0, 0.1) is 6.92 Å². The maximum Gasteiger partial charge on any atom is 0.242 e. The Hall–Kier alpha value is -1.98. The highest BCUT2D eigenvalue weighted by atomic mass is 35.5. The number of aryl methyl sites for hydroxylation is 1. The number of nitrogens with one attached hydrogen (secondary N) is 1. The SMILES string of the molecule is CCCCNC(=O)C(CC)N(Cc1ccccc1C)C(=O)CSCc1ccccc1Cl. The second-order valence-electron chi connectivity index (χ2n) is 7.60. The number of benzene rings is 2. The van der Waals surface area contributed by atoms with E-state index in [1.807, 2.05) is 62.4 Å². The molecule has 0 saturated heterocycles. The number of carbonyl (C=O) groups is 2. The first kappa shape index (κ1) is 25.3. The van der Waals surface area contributed by atoms with Gasteiger partial charge in [0.15, 0.2) is 0 Å². The van der Waals surface area contributed by atoms with E-state index in [-0.39, 0.29) is 11.8 Å². The summed E-state index contributed by atoms with van der Waals surface area (Å²) in [7, 11) is 0. The number of hydrogen-bond acceptors (Lipinski definition) is 3. The summed E-state index contributed by atoms with van der Waals surface area (Å²) < 4.78 is 0. The monoisotopic (exact) mass is 460 g/mol. The molecular weight excluding hydrogens is 428 g/mol. The molecule has 0 aliphatic rings. The van der Waals surface area contributed by atoms with Gasteiger partial charge in [0.25, 0.3) is 0 Å². The van der Waals surface area contributed by atoms with Crippen molar-refractivity contribution < 1.29 is 9.59 Å². The largest absolute Gasteiger partial charge is 0.354 e. The van der Waals surface area contributed by atoms with E-state index in [1.54, 1.807) is 4.90 Å². The molecule has 2 rings (SSSR count). The second kappa shape index (κ2) is 13.4. The van der Waals surface area contributed by atoms with E-state index < -0.39 is 6.04 Å². The van der Waals surface area contributed by atoms with E-state index in [4.69, 9.17) is 11.6 Å². The average molecular weight is 461 g/mol. The zero-order valence-electron chi connectivity index (χ0n) is 18.7. The zero-order valence-corrected chi connectivity index (χ0v) is 20.3. The quantitative estimate of drug-likeness (QED) is 0.419. The number of nitrogens with zero attached hydrogens (tertiary/aromatic N) is 1. The molecule has 1 unspecified atom stereocenters. The van der Waals surface area contributed by atoms with Gasteiger partial charge < -0.3 is 10.2 Å². The van der Waals surface area contributed by atoms with E-state index in [0.717, 1.165) is 29.5 Å². The molecular formula is C25H33ClN2O2S. The van der Waals surface area contributed by atoms with Gasteiger partial charge in [-0.15, -0.1) is 11.8 Å². The van der Waals surface area contributed by atoms with Gasteiger partial charge in [0.1, 0.15) is 6.04 Å². The minimum absolute atomic E-state index is 0.0298. The van der Waals surface area contributed by atoms with E-state index >= 15 is 0 Å². The van der Waals surface area contributed by atoms with Crippen LogP contribution in [0.3, 0.4) is 0 Å². The van der Waals surface area contributed by atoms with Crippen LogP contribution < -0.4 is 5.32 Å². The highest BCUT2D eigenvalue weighted by Gasteiger charge is 2.28. The fourth-order valence-electron chi connectivity index (χ4n) is 3.34. The molecule has 0 spiro atoms. The van der Waals surface area contributed by atoms with E-state index in [1.165, 1.54) is 11.8 Å². The normalized spacial score (nSPS) is 11.7. The number of halogens is 1. The summed E-state index contributed by atoms with van der Waals surface area (Å²) >= 11 is 7.77. The van der Waals surface area contributed by atoms with Crippen molar-refractivity contribution in [1.82, 2.24) is 10.2 Å². The standard InChI is InChI=1S/C25H33ClN2O2S/c1-4-6-15-27-25(30)23(5-2)28(16-20-12-8-7-11-19(20)3)24(29)18-31-17-21-13-9-10-14-22(21)26/h7-14,23H,4-6,15-18H2,1-3H3,(H,27,30). The molecule has 0 saturated carbocycles. The minimum atomic E-state index is -0.482. The third-order valence-corrected chi connectivity index (χ3v) is 6.59. The molecule has 2 amide bonds. The minimum Gasteiger partial charge on any atom is -0.354 e. The predicted octanol–water partition coefficient (Wildman–Crippen LogP) is 5.61. The first-order valence-corrected chi connectivity index (χ1v) is 12.4. The Morgan fingerprint density at radius 1 is 1.06 bits per heavy atom. The van der Waals surface area contributed by atoms with Crippen molar-refractivity contribution in [2.45, 2.75) is 58.4 Å². The molecule has 0 fully saturated rings. The van der Waals surface area contributed by atoms with E-state index in [2.05, 4.69) is 12.2 Å². The molecule has 31 heavy (non-hydrogen) atoms. The van der Waals surface area contributed by atoms with Crippen LogP contribution in [-0.2, 0) is 21.9 Å². The number of hydrogen-bond donors (Lipinski definition) is 1. The molecule has 6 heteroatoms. The Labute approximate surface area is 195 Å². The van der Waals surface area contributed by atoms with Gasteiger partial charge in [-0.25, -0.2) is 0 Å². The van der Waals surface area contributed by atoms with Gasteiger partial charge in [-0.05, 0) is 42.5 Å². The van der Waals surface area contributed by atoms with Gasteiger partial charge in [-0.3, -0.25) is 9.59 Å². The van der Waals surface area contributed by atoms with Gasteiger partial charge in [0, 0.05) is 23.9 Å². The Morgan fingerprint density at radius 3 is 2.39 bits per heavy atom. The molecule has 2 aromatic rings. The fraction of sp³-hybridized carbons (Fsp3) is 0.440. The lowest BCUT2D eigenvalue weighted by molar-refractivity contribution is -0.139. The number of amides is 2. The van der Waals surface area contributed by atoms with Crippen LogP contribution in [0.1, 0.15) is 49.8 Å². The lowest BCUT2D eigenvalue weighted by Gasteiger charge is -2.31. The maximum atomic E-state index is 13.3. The lowest BCUT2D eigenvalue weighted by atomic mass is 10.1. The van der Waals surface area contributed by atoms with Gasteiger partial charge in [0.05, 0.1) is 5.75 Å². The number of thioether (sulfide) groups is 1. The fourth-order valence-corrected chi connectivity index (χ4v) is 4.54. The molecule has 4 nitrogen and oxygen atoms in total. The lowest BCUT2D eigenvalue weighted by Crippen LogP contribution is -2.49. The Kier molecular flexibility index (Phi) is 11.0. The topological polar surface area (TPSA) is 49.4 Å². The van der Waals surface area contributed by atoms with Crippen molar-refractivity contribution in [3.63, 3.8) is 0 Å². The van der Waals surface area contributed by atoms with E-state index in [9.17, 15) is 9.59 Å². The van der Waals surface area contributed by atoms with Crippen molar-refractivity contribution in [2.24, 2.45) is 0 Å². The Balaban J connectivity index is 2.13. The summed E-state index contributed by atoms with van der Waals surface area (Å²) in [6.45, 7) is 7.15. The summed E-state index contributed by atoms with van der Waals surface area (Å²) in [5.41, 5.74) is 3.19. The van der Waals surface area contributed by atoms with Gasteiger partial charge in [-0.2, -0.15) is 0 Å². The van der Waals surface area contributed by atoms with Crippen molar-refractivity contribution in [1.29, 1.82) is 0 Å². The van der Waals surface area contributed by atoms with Gasteiger partial charge in [-0.1, -0.05) is 74.3 Å². The molecule has 0 heterocycles. The van der Waals surface area contributed by atoms with Crippen LogP contribution in [0.25, 0.3) is 0 Å². The van der Waals surface area contributed by atoms with Crippen LogP contribution >= 0.6 is 23.4 Å². The summed E-state index contributed by atoms with van der Waals surface area (Å²) in [4.78, 5) is 27.9. The number of carbonyl (C=O) groups excluding carboxylic acids is 2. The molecule has 0 radical (unpaired) electrons. The number of unbranched alkanes of at least 4 members (excludes halogenated alkanes) is 1. The van der Waals surface area contributed by atoms with Crippen molar-refractivity contribution >= 4 is 35.2 Å². The molecule has 0 aromatic heterocycles.